The monoisotopic (exact) mass is 398 g/mol. The fourth-order valence-corrected chi connectivity index (χ4v) is 3.30. The maximum absolute atomic E-state index is 12.8. The second kappa shape index (κ2) is 9.15. The van der Waals surface area contributed by atoms with Gasteiger partial charge in [0.2, 0.25) is 0 Å². The van der Waals surface area contributed by atoms with Gasteiger partial charge in [-0.25, -0.2) is 4.68 Å². The molecule has 2 aromatic carbocycles. The van der Waals surface area contributed by atoms with E-state index in [-0.39, 0.29) is 5.91 Å². The maximum Gasteiger partial charge on any atom is 0.254 e. The molecule has 1 atom stereocenters. The first-order valence-electron chi connectivity index (χ1n) is 9.66. The van der Waals surface area contributed by atoms with Gasteiger partial charge in [0.15, 0.2) is 6.10 Å². The molecule has 0 aliphatic rings. The molecule has 1 unspecified atom stereocenters. The van der Waals surface area contributed by atoms with Gasteiger partial charge in [-0.3, -0.25) is 9.78 Å². The first kappa shape index (κ1) is 19.5. The van der Waals surface area contributed by atoms with Crippen LogP contribution < -0.4 is 5.32 Å². The van der Waals surface area contributed by atoms with E-state index in [2.05, 4.69) is 10.3 Å². The Labute approximate surface area is 175 Å². The van der Waals surface area contributed by atoms with Gasteiger partial charge >= 0.3 is 0 Å². The highest BCUT2D eigenvalue weighted by Crippen LogP contribution is 2.24. The van der Waals surface area contributed by atoms with Crippen molar-refractivity contribution in [1.82, 2.24) is 20.1 Å². The molecule has 0 aliphatic heterocycles. The molecular formula is C24H22N4O2. The van der Waals surface area contributed by atoms with Gasteiger partial charge in [-0.05, 0) is 29.8 Å². The van der Waals surface area contributed by atoms with Gasteiger partial charge in [0.25, 0.3) is 5.91 Å². The number of aromatic nitrogens is 3. The van der Waals surface area contributed by atoms with Crippen LogP contribution in [0.4, 0.5) is 0 Å². The molecule has 0 bridgehead atoms. The summed E-state index contributed by atoms with van der Waals surface area (Å²) in [7, 11) is 1.53. The SMILES string of the molecule is COC(C(=O)NCc1cn(-c2ccccc2)nc1-c1ccncc1)c1ccccc1. The van der Waals surface area contributed by atoms with Crippen LogP contribution in [0.1, 0.15) is 17.2 Å². The zero-order valence-corrected chi connectivity index (χ0v) is 16.6. The molecule has 0 radical (unpaired) electrons. The molecule has 4 aromatic rings. The van der Waals surface area contributed by atoms with E-state index in [4.69, 9.17) is 9.84 Å². The van der Waals surface area contributed by atoms with Crippen LogP contribution in [0.5, 0.6) is 0 Å². The molecule has 0 saturated heterocycles. The number of methoxy groups -OCH3 is 1. The predicted octanol–water partition coefficient (Wildman–Crippen LogP) is 3.94. The number of benzene rings is 2. The highest BCUT2D eigenvalue weighted by molar-refractivity contribution is 5.82. The molecule has 2 aromatic heterocycles. The Morgan fingerprint density at radius 1 is 1.00 bits per heavy atom. The Balaban J connectivity index is 1.60. The molecule has 6 heteroatoms. The van der Waals surface area contributed by atoms with Crippen LogP contribution in [0.25, 0.3) is 16.9 Å². The number of carbonyl (C=O) groups excluding carboxylic acids is 1. The van der Waals surface area contributed by atoms with E-state index in [1.165, 1.54) is 7.11 Å². The van der Waals surface area contributed by atoms with E-state index in [9.17, 15) is 4.79 Å². The first-order valence-corrected chi connectivity index (χ1v) is 9.66. The van der Waals surface area contributed by atoms with E-state index < -0.39 is 6.10 Å². The molecule has 30 heavy (non-hydrogen) atoms. The third-order valence-corrected chi connectivity index (χ3v) is 4.79. The Morgan fingerprint density at radius 3 is 2.33 bits per heavy atom. The van der Waals surface area contributed by atoms with Crippen molar-refractivity contribution in [3.05, 3.63) is 103 Å². The molecular weight excluding hydrogens is 376 g/mol. The molecule has 4 rings (SSSR count). The average molecular weight is 398 g/mol. The van der Waals surface area contributed by atoms with Crippen molar-refractivity contribution >= 4 is 5.91 Å². The van der Waals surface area contributed by atoms with E-state index in [0.717, 1.165) is 28.1 Å². The molecule has 1 amide bonds. The number of para-hydroxylation sites is 1. The molecule has 0 fully saturated rings. The average Bonchev–Trinajstić information content (AvgIpc) is 3.24. The maximum atomic E-state index is 12.8. The highest BCUT2D eigenvalue weighted by atomic mass is 16.5. The predicted molar refractivity (Wildman–Crippen MR) is 115 cm³/mol. The van der Waals surface area contributed by atoms with Gasteiger partial charge in [0, 0.05) is 43.4 Å². The van der Waals surface area contributed by atoms with Crippen molar-refractivity contribution in [1.29, 1.82) is 0 Å². The Morgan fingerprint density at radius 2 is 1.67 bits per heavy atom. The van der Waals surface area contributed by atoms with Crippen LogP contribution >= 0.6 is 0 Å². The van der Waals surface area contributed by atoms with E-state index in [1.807, 2.05) is 83.7 Å². The number of nitrogens with zero attached hydrogens (tertiary/aromatic N) is 3. The minimum absolute atomic E-state index is 0.197. The van der Waals surface area contributed by atoms with E-state index in [0.29, 0.717) is 6.54 Å². The zero-order chi connectivity index (χ0) is 20.8. The number of carbonyl (C=O) groups is 1. The number of rotatable bonds is 7. The molecule has 0 saturated carbocycles. The standard InChI is InChI=1S/C24H22N4O2/c1-30-23(19-8-4-2-5-9-19)24(29)26-16-20-17-28(21-10-6-3-7-11-21)27-22(20)18-12-14-25-15-13-18/h2-15,17,23H,16H2,1H3,(H,26,29). The van der Waals surface area contributed by atoms with E-state index >= 15 is 0 Å². The smallest absolute Gasteiger partial charge is 0.254 e. The summed E-state index contributed by atoms with van der Waals surface area (Å²) in [6.07, 6.45) is 4.74. The summed E-state index contributed by atoms with van der Waals surface area (Å²) >= 11 is 0. The van der Waals surface area contributed by atoms with Gasteiger partial charge in [0.1, 0.15) is 0 Å². The molecule has 0 aliphatic carbocycles. The molecule has 150 valence electrons. The van der Waals surface area contributed by atoms with Crippen molar-refractivity contribution in [2.75, 3.05) is 7.11 Å². The van der Waals surface area contributed by atoms with Gasteiger partial charge in [-0.2, -0.15) is 5.10 Å². The van der Waals surface area contributed by atoms with Crippen LogP contribution in [0.2, 0.25) is 0 Å². The lowest BCUT2D eigenvalue weighted by Gasteiger charge is -2.15. The van der Waals surface area contributed by atoms with Crippen molar-refractivity contribution in [3.8, 4) is 16.9 Å². The summed E-state index contributed by atoms with van der Waals surface area (Å²) < 4.78 is 7.26. The minimum Gasteiger partial charge on any atom is -0.367 e. The lowest BCUT2D eigenvalue weighted by atomic mass is 10.1. The summed E-state index contributed by atoms with van der Waals surface area (Å²) in [4.78, 5) is 16.9. The molecule has 6 nitrogen and oxygen atoms in total. The second-order valence-corrected chi connectivity index (χ2v) is 6.76. The number of pyridine rings is 1. The summed E-state index contributed by atoms with van der Waals surface area (Å²) in [5.74, 6) is -0.197. The Kier molecular flexibility index (Phi) is 5.96. The summed E-state index contributed by atoms with van der Waals surface area (Å²) in [6.45, 7) is 0.329. The number of ether oxygens (including phenoxy) is 1. The summed E-state index contributed by atoms with van der Waals surface area (Å²) in [5.41, 5.74) is 4.41. The molecule has 2 heterocycles. The summed E-state index contributed by atoms with van der Waals surface area (Å²) in [5, 5.41) is 7.75. The number of amides is 1. The van der Waals surface area contributed by atoms with Crippen LogP contribution in [-0.4, -0.2) is 27.8 Å². The Bertz CT molecular complexity index is 1100. The van der Waals surface area contributed by atoms with Gasteiger partial charge in [-0.15, -0.1) is 0 Å². The largest absolute Gasteiger partial charge is 0.367 e. The zero-order valence-electron chi connectivity index (χ0n) is 16.6. The minimum atomic E-state index is -0.667. The third kappa shape index (κ3) is 4.29. The van der Waals surface area contributed by atoms with Crippen molar-refractivity contribution in [2.45, 2.75) is 12.6 Å². The summed E-state index contributed by atoms with van der Waals surface area (Å²) in [6, 6.07) is 23.1. The van der Waals surface area contributed by atoms with Crippen molar-refractivity contribution in [2.24, 2.45) is 0 Å². The Hall–Kier alpha value is -3.77. The van der Waals surface area contributed by atoms with Crippen LogP contribution in [0.3, 0.4) is 0 Å². The van der Waals surface area contributed by atoms with Crippen LogP contribution in [0, 0.1) is 0 Å². The fourth-order valence-electron chi connectivity index (χ4n) is 3.30. The molecule has 0 spiro atoms. The van der Waals surface area contributed by atoms with Gasteiger partial charge in [0.05, 0.1) is 11.4 Å². The quantitative estimate of drug-likeness (QED) is 0.512. The fraction of sp³-hybridized carbons (Fsp3) is 0.125. The topological polar surface area (TPSA) is 69.0 Å². The lowest BCUT2D eigenvalue weighted by Crippen LogP contribution is -2.30. The number of hydrogen-bond acceptors (Lipinski definition) is 4. The van der Waals surface area contributed by atoms with E-state index in [1.54, 1.807) is 12.4 Å². The highest BCUT2D eigenvalue weighted by Gasteiger charge is 2.21. The van der Waals surface area contributed by atoms with Crippen LogP contribution in [-0.2, 0) is 16.1 Å². The van der Waals surface area contributed by atoms with Crippen LogP contribution in [0.15, 0.2) is 91.4 Å². The number of nitrogens with one attached hydrogen (secondary N) is 1. The first-order chi connectivity index (χ1) is 14.8. The van der Waals surface area contributed by atoms with Gasteiger partial charge < -0.3 is 10.1 Å². The van der Waals surface area contributed by atoms with Crippen molar-refractivity contribution in [3.63, 3.8) is 0 Å². The third-order valence-electron chi connectivity index (χ3n) is 4.79. The van der Waals surface area contributed by atoms with Crippen molar-refractivity contribution < 1.29 is 9.53 Å². The normalized spacial score (nSPS) is 11.8. The molecule has 1 N–H and O–H groups in total. The number of hydrogen-bond donors (Lipinski definition) is 1. The van der Waals surface area contributed by atoms with Gasteiger partial charge in [-0.1, -0.05) is 48.5 Å². The lowest BCUT2D eigenvalue weighted by molar-refractivity contribution is -0.131. The second-order valence-electron chi connectivity index (χ2n) is 6.76.